The van der Waals surface area contributed by atoms with Gasteiger partial charge in [0.15, 0.2) is 0 Å². The summed E-state index contributed by atoms with van der Waals surface area (Å²) in [6.45, 7) is 3.16. The van der Waals surface area contributed by atoms with Crippen molar-refractivity contribution in [1.82, 2.24) is 14.9 Å². The number of carbonyl (C=O) groups is 2. The molecule has 7 nitrogen and oxygen atoms in total. The molecule has 1 atom stereocenters. The summed E-state index contributed by atoms with van der Waals surface area (Å²) in [4.78, 5) is 39.5. The molecule has 4 rings (SSSR count). The van der Waals surface area contributed by atoms with Gasteiger partial charge in [-0.1, -0.05) is 22.0 Å². The summed E-state index contributed by atoms with van der Waals surface area (Å²) in [6, 6.07) is 7.62. The van der Waals surface area contributed by atoms with E-state index in [2.05, 4.69) is 30.8 Å². The zero-order chi connectivity index (χ0) is 18.8. The van der Waals surface area contributed by atoms with E-state index in [1.54, 1.807) is 23.5 Å². The molecular weight excluding hydrogens is 410 g/mol. The molecule has 0 saturated carbocycles. The molecule has 0 aliphatic carbocycles. The Balaban J connectivity index is 1.37. The van der Waals surface area contributed by atoms with Gasteiger partial charge >= 0.3 is 0 Å². The summed E-state index contributed by atoms with van der Waals surface area (Å²) in [5, 5.41) is 0. The molecule has 1 aromatic carbocycles. The van der Waals surface area contributed by atoms with Gasteiger partial charge in [-0.05, 0) is 18.2 Å². The number of carbonyl (C=O) groups excluding carboxylic acids is 2. The van der Waals surface area contributed by atoms with Gasteiger partial charge < -0.3 is 14.7 Å². The van der Waals surface area contributed by atoms with E-state index in [4.69, 9.17) is 0 Å². The summed E-state index contributed by atoms with van der Waals surface area (Å²) in [6.07, 6.45) is 5.34. The van der Waals surface area contributed by atoms with Crippen LogP contribution in [0.4, 0.5) is 11.5 Å². The molecule has 1 aromatic heterocycles. The number of nitrogens with zero attached hydrogens (tertiary/aromatic N) is 5. The highest BCUT2D eigenvalue weighted by Crippen LogP contribution is 2.28. The number of hydrogen-bond acceptors (Lipinski definition) is 5. The average Bonchev–Trinajstić information content (AvgIpc) is 3.10. The molecule has 2 saturated heterocycles. The molecule has 0 N–H and O–H groups in total. The lowest BCUT2D eigenvalue weighted by atomic mass is 10.1. The zero-order valence-corrected chi connectivity index (χ0v) is 16.4. The quantitative estimate of drug-likeness (QED) is 0.745. The van der Waals surface area contributed by atoms with Gasteiger partial charge in [0.25, 0.3) is 0 Å². The van der Waals surface area contributed by atoms with Gasteiger partial charge in [-0.25, -0.2) is 4.98 Å². The molecule has 0 spiro atoms. The molecule has 8 heteroatoms. The lowest BCUT2D eigenvalue weighted by molar-refractivity contribution is -0.136. The average molecular weight is 430 g/mol. The van der Waals surface area contributed by atoms with Crippen LogP contribution in [0.15, 0.2) is 47.3 Å². The van der Waals surface area contributed by atoms with E-state index in [9.17, 15) is 9.59 Å². The molecule has 0 bridgehead atoms. The number of aromatic nitrogens is 2. The second-order valence-corrected chi connectivity index (χ2v) is 7.68. The minimum absolute atomic E-state index is 0.00430. The molecule has 2 amide bonds. The predicted molar refractivity (Wildman–Crippen MR) is 105 cm³/mol. The predicted octanol–water partition coefficient (Wildman–Crippen LogP) is 1.94. The van der Waals surface area contributed by atoms with Gasteiger partial charge in [-0.3, -0.25) is 14.6 Å². The van der Waals surface area contributed by atoms with Gasteiger partial charge in [-0.15, -0.1) is 0 Å². The van der Waals surface area contributed by atoms with Crippen molar-refractivity contribution >= 4 is 39.2 Å². The number of rotatable bonds is 3. The van der Waals surface area contributed by atoms with Gasteiger partial charge in [0, 0.05) is 61.7 Å². The van der Waals surface area contributed by atoms with Crippen molar-refractivity contribution in [2.24, 2.45) is 5.92 Å². The lowest BCUT2D eigenvalue weighted by Gasteiger charge is -2.36. The molecule has 1 unspecified atom stereocenters. The van der Waals surface area contributed by atoms with Crippen LogP contribution >= 0.6 is 15.9 Å². The first-order valence-corrected chi connectivity index (χ1v) is 9.77. The largest absolute Gasteiger partial charge is 0.352 e. The molecule has 2 aliphatic heterocycles. The highest BCUT2D eigenvalue weighted by atomic mass is 79.9. The zero-order valence-electron chi connectivity index (χ0n) is 14.8. The first-order valence-electron chi connectivity index (χ1n) is 8.97. The normalized spacial score (nSPS) is 20.3. The van der Waals surface area contributed by atoms with E-state index in [-0.39, 0.29) is 24.2 Å². The number of anilines is 2. The molecule has 140 valence electrons. The Kier molecular flexibility index (Phi) is 5.07. The van der Waals surface area contributed by atoms with Crippen LogP contribution in [0.1, 0.15) is 6.42 Å². The fraction of sp³-hybridized carbons (Fsp3) is 0.368. The molecule has 3 heterocycles. The van der Waals surface area contributed by atoms with Crippen LogP contribution < -0.4 is 9.80 Å². The van der Waals surface area contributed by atoms with Crippen LogP contribution in [-0.4, -0.2) is 59.4 Å². The minimum Gasteiger partial charge on any atom is -0.352 e. The Bertz CT molecular complexity index is 839. The summed E-state index contributed by atoms with van der Waals surface area (Å²) in [5.74, 6) is 0.630. The van der Waals surface area contributed by atoms with Crippen LogP contribution in [0.5, 0.6) is 0 Å². The third kappa shape index (κ3) is 3.80. The van der Waals surface area contributed by atoms with Crippen molar-refractivity contribution in [3.8, 4) is 0 Å². The Morgan fingerprint density at radius 3 is 2.67 bits per heavy atom. The Hall–Kier alpha value is -2.48. The number of halogens is 1. The second kappa shape index (κ2) is 7.64. The SMILES string of the molecule is O=C(C1CC(=O)N(c2cccc(Br)c2)C1)N1CCN(c2cnccn2)CC1. The summed E-state index contributed by atoms with van der Waals surface area (Å²) < 4.78 is 0.919. The molecule has 2 fully saturated rings. The molecule has 2 aromatic rings. The van der Waals surface area contributed by atoms with Crippen LogP contribution in [0.25, 0.3) is 0 Å². The smallest absolute Gasteiger partial charge is 0.228 e. The monoisotopic (exact) mass is 429 g/mol. The molecular formula is C19H20BrN5O2. The number of hydrogen-bond donors (Lipinski definition) is 0. The standard InChI is InChI=1S/C19H20BrN5O2/c20-15-2-1-3-16(11-15)25-13-14(10-18(25)26)19(27)24-8-6-23(7-9-24)17-12-21-4-5-22-17/h1-5,11-12,14H,6-10,13H2. The van der Waals surface area contributed by atoms with Crippen molar-refractivity contribution in [3.63, 3.8) is 0 Å². The topological polar surface area (TPSA) is 69.6 Å². The fourth-order valence-electron chi connectivity index (χ4n) is 3.64. The Labute approximate surface area is 166 Å². The third-order valence-corrected chi connectivity index (χ3v) is 5.55. The minimum atomic E-state index is -0.278. The third-order valence-electron chi connectivity index (χ3n) is 5.06. The maximum atomic E-state index is 12.9. The summed E-state index contributed by atoms with van der Waals surface area (Å²) >= 11 is 3.43. The van der Waals surface area contributed by atoms with Crippen LogP contribution in [0.2, 0.25) is 0 Å². The number of amides is 2. The highest BCUT2D eigenvalue weighted by molar-refractivity contribution is 9.10. The van der Waals surface area contributed by atoms with Crippen molar-refractivity contribution in [2.45, 2.75) is 6.42 Å². The van der Waals surface area contributed by atoms with Crippen molar-refractivity contribution < 1.29 is 9.59 Å². The molecule has 0 radical (unpaired) electrons. The highest BCUT2D eigenvalue weighted by Gasteiger charge is 2.38. The molecule has 27 heavy (non-hydrogen) atoms. The first kappa shape index (κ1) is 17.9. The maximum Gasteiger partial charge on any atom is 0.228 e. The van der Waals surface area contributed by atoms with Crippen LogP contribution in [0, 0.1) is 5.92 Å². The van der Waals surface area contributed by atoms with Crippen LogP contribution in [0.3, 0.4) is 0 Å². The maximum absolute atomic E-state index is 12.9. The van der Waals surface area contributed by atoms with E-state index in [1.807, 2.05) is 29.2 Å². The summed E-state index contributed by atoms with van der Waals surface area (Å²) in [5.41, 5.74) is 0.831. The summed E-state index contributed by atoms with van der Waals surface area (Å²) in [7, 11) is 0. The number of benzene rings is 1. The first-order chi connectivity index (χ1) is 13.1. The van der Waals surface area contributed by atoms with Gasteiger partial charge in [0.05, 0.1) is 12.1 Å². The van der Waals surface area contributed by atoms with Crippen molar-refractivity contribution in [1.29, 1.82) is 0 Å². The van der Waals surface area contributed by atoms with E-state index >= 15 is 0 Å². The number of piperazine rings is 1. The van der Waals surface area contributed by atoms with Gasteiger partial charge in [-0.2, -0.15) is 0 Å². The Morgan fingerprint density at radius 1 is 1.15 bits per heavy atom. The molecule has 2 aliphatic rings. The van der Waals surface area contributed by atoms with E-state index in [0.717, 1.165) is 29.1 Å². The van der Waals surface area contributed by atoms with Crippen molar-refractivity contribution in [3.05, 3.63) is 47.3 Å². The van der Waals surface area contributed by atoms with E-state index in [0.29, 0.717) is 19.6 Å². The van der Waals surface area contributed by atoms with Crippen LogP contribution in [-0.2, 0) is 9.59 Å². The Morgan fingerprint density at radius 2 is 1.96 bits per heavy atom. The lowest BCUT2D eigenvalue weighted by Crippen LogP contribution is -2.51. The van der Waals surface area contributed by atoms with Gasteiger partial charge in [0.2, 0.25) is 11.8 Å². The van der Waals surface area contributed by atoms with E-state index < -0.39 is 0 Å². The van der Waals surface area contributed by atoms with E-state index in [1.165, 1.54) is 0 Å². The fourth-order valence-corrected chi connectivity index (χ4v) is 4.02. The van der Waals surface area contributed by atoms with Gasteiger partial charge in [0.1, 0.15) is 5.82 Å². The second-order valence-electron chi connectivity index (χ2n) is 6.76. The van der Waals surface area contributed by atoms with Crippen molar-refractivity contribution in [2.75, 3.05) is 42.5 Å².